The number of ether oxygens (including phenoxy) is 2. The first-order chi connectivity index (χ1) is 11.7. The van der Waals surface area contributed by atoms with E-state index in [1.165, 1.54) is 0 Å². The summed E-state index contributed by atoms with van der Waals surface area (Å²) in [6.07, 6.45) is 2.42. The second kappa shape index (κ2) is 9.40. The van der Waals surface area contributed by atoms with Crippen molar-refractivity contribution in [2.75, 3.05) is 39.1 Å². The van der Waals surface area contributed by atoms with E-state index in [1.54, 1.807) is 18.2 Å². The summed E-state index contributed by atoms with van der Waals surface area (Å²) in [7, 11) is 0.710. The molecule has 8 heteroatoms. The van der Waals surface area contributed by atoms with Crippen LogP contribution in [0.1, 0.15) is 19.3 Å². The van der Waals surface area contributed by atoms with Gasteiger partial charge < -0.3 is 19.7 Å². The van der Waals surface area contributed by atoms with Gasteiger partial charge in [0.1, 0.15) is 13.2 Å². The van der Waals surface area contributed by atoms with Gasteiger partial charge in [0.15, 0.2) is 11.5 Å². The quantitative estimate of drug-likeness (QED) is 0.829. The molecule has 2 atom stereocenters. The number of amides is 1. The number of hydrogen-bond acceptors (Lipinski definition) is 5. The number of benzene rings is 1. The Morgan fingerprint density at radius 1 is 1.32 bits per heavy atom. The molecule has 0 bridgehead atoms. The van der Waals surface area contributed by atoms with Gasteiger partial charge in [0.25, 0.3) is 0 Å². The van der Waals surface area contributed by atoms with Crippen LogP contribution in [0.25, 0.3) is 0 Å². The van der Waals surface area contributed by atoms with Crippen LogP contribution in [0.15, 0.2) is 23.1 Å². The molecule has 2 unspecified atom stereocenters. The topological polar surface area (TPSA) is 67.9 Å². The minimum Gasteiger partial charge on any atom is -0.486 e. The zero-order valence-corrected chi connectivity index (χ0v) is 16.0. The summed E-state index contributed by atoms with van der Waals surface area (Å²) < 4.78 is 23.5. The Bertz CT molecular complexity index is 629. The lowest BCUT2D eigenvalue weighted by molar-refractivity contribution is -0.132. The second-order valence-electron chi connectivity index (χ2n) is 6.07. The smallest absolute Gasteiger partial charge is 0.223 e. The van der Waals surface area contributed by atoms with Crippen LogP contribution < -0.4 is 14.8 Å². The molecule has 0 saturated carbocycles. The van der Waals surface area contributed by atoms with Crippen molar-refractivity contribution < 1.29 is 18.5 Å². The van der Waals surface area contributed by atoms with E-state index in [2.05, 4.69) is 5.32 Å². The predicted molar refractivity (Wildman–Crippen MR) is 99.2 cm³/mol. The Morgan fingerprint density at radius 3 is 2.84 bits per heavy atom. The lowest BCUT2D eigenvalue weighted by atomic mass is 10.1. The minimum absolute atomic E-state index is 0. The van der Waals surface area contributed by atoms with Crippen molar-refractivity contribution >= 4 is 29.1 Å². The molecule has 25 heavy (non-hydrogen) atoms. The number of rotatable bonds is 5. The predicted octanol–water partition coefficient (Wildman–Crippen LogP) is 1.59. The molecule has 1 amide bonds. The molecule has 140 valence electrons. The fourth-order valence-corrected chi connectivity index (χ4v) is 4.11. The molecule has 0 aromatic heterocycles. The maximum atomic E-state index is 12.5. The molecule has 1 aromatic carbocycles. The third kappa shape index (κ3) is 5.09. The molecule has 1 saturated heterocycles. The molecule has 2 heterocycles. The Morgan fingerprint density at radius 2 is 2.08 bits per heavy atom. The Hall–Kier alpha value is -1.31. The van der Waals surface area contributed by atoms with E-state index in [0.29, 0.717) is 47.8 Å². The first-order valence-electron chi connectivity index (χ1n) is 8.40. The fourth-order valence-electron chi connectivity index (χ4n) is 3.06. The van der Waals surface area contributed by atoms with Crippen molar-refractivity contribution in [2.24, 2.45) is 0 Å². The number of hydrogen-bond donors (Lipinski definition) is 1. The molecule has 1 N–H and O–H groups in total. The Labute approximate surface area is 157 Å². The summed E-state index contributed by atoms with van der Waals surface area (Å²) >= 11 is 0. The highest BCUT2D eigenvalue weighted by molar-refractivity contribution is 7.85. The third-order valence-corrected chi connectivity index (χ3v) is 5.81. The number of likely N-dealkylation sites (N-methyl/N-ethyl adjacent to an activating group) is 1. The summed E-state index contributed by atoms with van der Waals surface area (Å²) in [5.41, 5.74) is 0. The maximum Gasteiger partial charge on any atom is 0.223 e. The molecule has 1 fully saturated rings. The van der Waals surface area contributed by atoms with Gasteiger partial charge in [-0.25, -0.2) is 0 Å². The fraction of sp³-hybridized carbons (Fsp3) is 0.588. The highest BCUT2D eigenvalue weighted by atomic mass is 35.5. The SMILES string of the molecule is CNC1CCCN(C(=O)CCS(=O)c2ccc3c(c2)OCCO3)C1.Cl. The van der Waals surface area contributed by atoms with Crippen molar-refractivity contribution in [3.8, 4) is 11.5 Å². The van der Waals surface area contributed by atoms with E-state index in [0.717, 1.165) is 25.9 Å². The van der Waals surface area contributed by atoms with Crippen molar-refractivity contribution in [3.63, 3.8) is 0 Å². The van der Waals surface area contributed by atoms with Gasteiger partial charge in [0, 0.05) is 42.3 Å². The number of carbonyl (C=O) groups is 1. The van der Waals surface area contributed by atoms with E-state index in [1.807, 2.05) is 11.9 Å². The maximum absolute atomic E-state index is 12.5. The van der Waals surface area contributed by atoms with Crippen LogP contribution in [-0.2, 0) is 15.6 Å². The first kappa shape index (κ1) is 20.0. The van der Waals surface area contributed by atoms with Gasteiger partial charge >= 0.3 is 0 Å². The molecular formula is C17H25ClN2O4S. The van der Waals surface area contributed by atoms with Gasteiger partial charge in [-0.3, -0.25) is 9.00 Å². The van der Waals surface area contributed by atoms with Crippen molar-refractivity contribution in [1.82, 2.24) is 10.2 Å². The lowest BCUT2D eigenvalue weighted by Crippen LogP contribution is -2.47. The molecule has 6 nitrogen and oxygen atoms in total. The number of carbonyl (C=O) groups excluding carboxylic acids is 1. The minimum atomic E-state index is -1.22. The van der Waals surface area contributed by atoms with Crippen LogP contribution in [-0.4, -0.2) is 60.2 Å². The first-order valence-corrected chi connectivity index (χ1v) is 9.72. The molecule has 2 aliphatic heterocycles. The largest absolute Gasteiger partial charge is 0.486 e. The zero-order chi connectivity index (χ0) is 16.9. The van der Waals surface area contributed by atoms with Crippen LogP contribution in [0.3, 0.4) is 0 Å². The van der Waals surface area contributed by atoms with E-state index < -0.39 is 10.8 Å². The van der Waals surface area contributed by atoms with Crippen LogP contribution in [0.2, 0.25) is 0 Å². The number of piperidine rings is 1. The summed E-state index contributed by atoms with van der Waals surface area (Å²) in [5.74, 6) is 1.73. The number of nitrogens with zero attached hydrogens (tertiary/aromatic N) is 1. The number of fused-ring (bicyclic) bond motifs is 1. The van der Waals surface area contributed by atoms with Crippen LogP contribution in [0, 0.1) is 0 Å². The van der Waals surface area contributed by atoms with Gasteiger partial charge in [0.05, 0.1) is 10.8 Å². The van der Waals surface area contributed by atoms with Crippen LogP contribution >= 0.6 is 12.4 Å². The van der Waals surface area contributed by atoms with Crippen molar-refractivity contribution in [1.29, 1.82) is 0 Å². The highest BCUT2D eigenvalue weighted by Crippen LogP contribution is 2.31. The van der Waals surface area contributed by atoms with Crippen LogP contribution in [0.4, 0.5) is 0 Å². The average molecular weight is 389 g/mol. The lowest BCUT2D eigenvalue weighted by Gasteiger charge is -2.32. The van der Waals surface area contributed by atoms with E-state index in [9.17, 15) is 9.00 Å². The van der Waals surface area contributed by atoms with E-state index in [-0.39, 0.29) is 18.3 Å². The Kier molecular flexibility index (Phi) is 7.53. The molecule has 0 aliphatic carbocycles. The van der Waals surface area contributed by atoms with Crippen molar-refractivity contribution in [3.05, 3.63) is 18.2 Å². The van der Waals surface area contributed by atoms with E-state index in [4.69, 9.17) is 9.47 Å². The third-order valence-electron chi connectivity index (χ3n) is 4.46. The van der Waals surface area contributed by atoms with Gasteiger partial charge in [0.2, 0.25) is 5.91 Å². The standard InChI is InChI=1S/C17H24N2O4S.ClH/c1-18-13-3-2-7-19(12-13)17(20)6-10-24(21)14-4-5-15-16(11-14)23-9-8-22-15;/h4-5,11,13,18H,2-3,6-10,12H2,1H3;1H. The normalized spacial score (nSPS) is 20.5. The highest BCUT2D eigenvalue weighted by Gasteiger charge is 2.23. The van der Waals surface area contributed by atoms with Gasteiger partial charge in [-0.1, -0.05) is 0 Å². The monoisotopic (exact) mass is 388 g/mol. The van der Waals surface area contributed by atoms with E-state index >= 15 is 0 Å². The Balaban J connectivity index is 0.00000225. The summed E-state index contributed by atoms with van der Waals surface area (Å²) in [5, 5.41) is 3.23. The zero-order valence-electron chi connectivity index (χ0n) is 14.4. The molecule has 2 aliphatic rings. The van der Waals surface area contributed by atoms with Crippen molar-refractivity contribution in [2.45, 2.75) is 30.2 Å². The van der Waals surface area contributed by atoms with Gasteiger partial charge in [-0.15, -0.1) is 12.4 Å². The summed E-state index contributed by atoms with van der Waals surface area (Å²) in [6, 6.07) is 5.69. The molecule has 0 radical (unpaired) electrons. The molecule has 0 spiro atoms. The number of halogens is 1. The number of nitrogens with one attached hydrogen (secondary N) is 1. The average Bonchev–Trinajstić information content (AvgIpc) is 2.65. The number of likely N-dealkylation sites (tertiary alicyclic amines) is 1. The summed E-state index contributed by atoms with van der Waals surface area (Å²) in [6.45, 7) is 2.58. The van der Waals surface area contributed by atoms with Gasteiger partial charge in [-0.05, 0) is 32.0 Å². The second-order valence-corrected chi connectivity index (χ2v) is 7.64. The summed E-state index contributed by atoms with van der Waals surface area (Å²) in [4.78, 5) is 14.9. The molecule has 1 aromatic rings. The molecule has 3 rings (SSSR count). The molecular weight excluding hydrogens is 364 g/mol. The van der Waals surface area contributed by atoms with Crippen LogP contribution in [0.5, 0.6) is 11.5 Å². The van der Waals surface area contributed by atoms with Gasteiger partial charge in [-0.2, -0.15) is 0 Å².